The highest BCUT2D eigenvalue weighted by Gasteiger charge is 2.46. The van der Waals surface area contributed by atoms with Crippen LogP contribution in [-0.4, -0.2) is 90.5 Å². The van der Waals surface area contributed by atoms with E-state index in [0.717, 1.165) is 25.9 Å². The summed E-state index contributed by atoms with van der Waals surface area (Å²) in [7, 11) is 1.60. The van der Waals surface area contributed by atoms with Crippen molar-refractivity contribution in [2.45, 2.75) is 45.5 Å². The number of aromatic amines is 1. The molecule has 0 radical (unpaired) electrons. The number of ether oxygens (including phenoxy) is 2. The third-order valence-corrected chi connectivity index (χ3v) is 9.67. The quantitative estimate of drug-likeness (QED) is 0.271. The molecule has 2 aromatic carbocycles. The van der Waals surface area contributed by atoms with Crippen molar-refractivity contribution < 1.29 is 22.6 Å². The van der Waals surface area contributed by atoms with E-state index in [1.165, 1.54) is 6.07 Å². The molecular formula is C31H35ClF3N7O2. The molecule has 7 rings (SSSR count). The van der Waals surface area contributed by atoms with E-state index in [4.69, 9.17) is 26.1 Å². The van der Waals surface area contributed by atoms with E-state index in [1.807, 2.05) is 4.90 Å². The van der Waals surface area contributed by atoms with Crippen molar-refractivity contribution in [1.82, 2.24) is 30.4 Å². The lowest BCUT2D eigenvalue weighted by Crippen LogP contribution is -2.51. The van der Waals surface area contributed by atoms with Crippen LogP contribution in [0.25, 0.3) is 32.9 Å². The largest absolute Gasteiger partial charge is 0.463 e. The molecule has 2 saturated heterocycles. The van der Waals surface area contributed by atoms with Gasteiger partial charge in [-0.15, -0.1) is 0 Å². The first kappa shape index (κ1) is 29.5. The highest BCUT2D eigenvalue weighted by Crippen LogP contribution is 2.47. The van der Waals surface area contributed by atoms with Crippen molar-refractivity contribution in [3.63, 3.8) is 0 Å². The molecule has 2 aromatic heterocycles. The lowest BCUT2D eigenvalue weighted by atomic mass is 9.93. The summed E-state index contributed by atoms with van der Waals surface area (Å²) in [6.45, 7) is 7.32. The van der Waals surface area contributed by atoms with E-state index in [1.54, 1.807) is 27.0 Å². The van der Waals surface area contributed by atoms with Gasteiger partial charge in [-0.05, 0) is 50.8 Å². The minimum absolute atomic E-state index is 0.0139. The summed E-state index contributed by atoms with van der Waals surface area (Å²) in [5.41, 5.74) is 1.64. The van der Waals surface area contributed by atoms with Gasteiger partial charge < -0.3 is 14.4 Å². The first-order chi connectivity index (χ1) is 21.2. The molecule has 2 aliphatic heterocycles. The average molecular weight is 630 g/mol. The molecule has 0 amide bonds. The van der Waals surface area contributed by atoms with E-state index >= 15 is 8.78 Å². The number of benzene rings is 2. The molecule has 4 heterocycles. The number of hydrogen-bond acceptors (Lipinski definition) is 8. The van der Waals surface area contributed by atoms with Crippen LogP contribution < -0.4 is 15.0 Å². The molecule has 0 bridgehead atoms. The highest BCUT2D eigenvalue weighted by molar-refractivity contribution is 6.33. The van der Waals surface area contributed by atoms with Crippen molar-refractivity contribution in [1.29, 1.82) is 0 Å². The van der Waals surface area contributed by atoms with E-state index in [2.05, 4.69) is 25.4 Å². The summed E-state index contributed by atoms with van der Waals surface area (Å²) in [5.74, 6) is -1.21. The number of H-pyrrole nitrogens is 1. The summed E-state index contributed by atoms with van der Waals surface area (Å²) in [4.78, 5) is 13.3. The first-order valence-corrected chi connectivity index (χ1v) is 15.4. The summed E-state index contributed by atoms with van der Waals surface area (Å²) >= 11 is 6.52. The number of piperazine rings is 1. The monoisotopic (exact) mass is 629 g/mol. The lowest BCUT2D eigenvalue weighted by molar-refractivity contribution is 0.0704. The maximum Gasteiger partial charge on any atom is 0.319 e. The highest BCUT2D eigenvalue weighted by atomic mass is 35.5. The lowest BCUT2D eigenvalue weighted by Gasteiger charge is -2.34. The van der Waals surface area contributed by atoms with Gasteiger partial charge in [0.15, 0.2) is 5.82 Å². The molecule has 0 unspecified atom stereocenters. The number of halogens is 4. The number of nitrogens with zero attached hydrogens (tertiary/aromatic N) is 5. The SMILES string of the molecule is CO[C@@H]1CN(c2nc(OCC3(CN4CC[C@@H](F)C4)CC3)nc3c(F)c(-c4c(C)c(Cl)cc5n[nH]c(C)c45)c(F)cc23)CCN1. The Morgan fingerprint density at radius 2 is 1.93 bits per heavy atom. The van der Waals surface area contributed by atoms with Gasteiger partial charge in [-0.3, -0.25) is 15.3 Å². The molecule has 0 spiro atoms. The van der Waals surface area contributed by atoms with E-state index in [-0.39, 0.29) is 34.1 Å². The summed E-state index contributed by atoms with van der Waals surface area (Å²) in [6, 6.07) is 2.99. The molecule has 13 heteroatoms. The summed E-state index contributed by atoms with van der Waals surface area (Å²) < 4.78 is 58.5. The molecule has 3 fully saturated rings. The number of anilines is 1. The first-order valence-electron chi connectivity index (χ1n) is 15.0. The fourth-order valence-corrected chi connectivity index (χ4v) is 6.82. The molecule has 1 saturated carbocycles. The average Bonchev–Trinajstić information content (AvgIpc) is 3.51. The predicted molar refractivity (Wildman–Crippen MR) is 163 cm³/mol. The van der Waals surface area contributed by atoms with Gasteiger partial charge in [0.25, 0.3) is 0 Å². The Morgan fingerprint density at radius 1 is 1.11 bits per heavy atom. The van der Waals surface area contributed by atoms with Crippen LogP contribution in [0.3, 0.4) is 0 Å². The Balaban J connectivity index is 1.33. The van der Waals surface area contributed by atoms with Gasteiger partial charge in [0.1, 0.15) is 29.6 Å². The van der Waals surface area contributed by atoms with E-state index < -0.39 is 17.8 Å². The standard InChI is InChI=1S/C31H35ClF3N7O2/c1-16-20(32)11-22-25(17(2)39-40-22)24(16)26-21(34)10-19-28(27(26)35)37-30(38-29(19)42-9-7-36-23(13-42)43-3)44-15-31(5-6-31)14-41-8-4-18(33)12-41/h10-11,18,23,36H,4-9,12-15H2,1-3H3,(H,39,40)/t18-,23-/m1/s1. The van der Waals surface area contributed by atoms with E-state index in [0.29, 0.717) is 77.8 Å². The summed E-state index contributed by atoms with van der Waals surface area (Å²) in [5, 5.41) is 11.6. The molecule has 2 N–H and O–H groups in total. The maximum absolute atomic E-state index is 16.8. The number of aryl methyl sites for hydroxylation is 1. The van der Waals surface area contributed by atoms with Crippen molar-refractivity contribution in [2.24, 2.45) is 5.41 Å². The zero-order valence-corrected chi connectivity index (χ0v) is 25.7. The van der Waals surface area contributed by atoms with Crippen molar-refractivity contribution >= 4 is 39.2 Å². The van der Waals surface area contributed by atoms with Gasteiger partial charge in [0.2, 0.25) is 0 Å². The minimum Gasteiger partial charge on any atom is -0.463 e. The second kappa shape index (κ2) is 11.3. The van der Waals surface area contributed by atoms with Crippen LogP contribution in [0.15, 0.2) is 12.1 Å². The van der Waals surface area contributed by atoms with Crippen LogP contribution >= 0.6 is 11.6 Å². The van der Waals surface area contributed by atoms with Crippen LogP contribution in [0.2, 0.25) is 5.02 Å². The second-order valence-corrected chi connectivity index (χ2v) is 12.8. The fourth-order valence-electron chi connectivity index (χ4n) is 6.62. The summed E-state index contributed by atoms with van der Waals surface area (Å²) in [6.07, 6.45) is 1.38. The van der Waals surface area contributed by atoms with Crippen LogP contribution in [0.1, 0.15) is 30.5 Å². The number of alkyl halides is 1. The molecule has 4 aromatic rings. The maximum atomic E-state index is 16.8. The molecule has 2 atom stereocenters. The molecule has 9 nitrogen and oxygen atoms in total. The predicted octanol–water partition coefficient (Wildman–Crippen LogP) is 5.31. The smallest absolute Gasteiger partial charge is 0.319 e. The molecule has 44 heavy (non-hydrogen) atoms. The zero-order valence-electron chi connectivity index (χ0n) is 24.9. The third kappa shape index (κ3) is 5.25. The molecule has 1 aliphatic carbocycles. The fraction of sp³-hybridized carbons (Fsp3) is 0.516. The number of likely N-dealkylation sites (tertiary alicyclic amines) is 1. The second-order valence-electron chi connectivity index (χ2n) is 12.4. The normalized spacial score (nSPS) is 21.9. The Morgan fingerprint density at radius 3 is 2.66 bits per heavy atom. The number of methoxy groups -OCH3 is 1. The van der Waals surface area contributed by atoms with Gasteiger partial charge in [-0.1, -0.05) is 11.6 Å². The van der Waals surface area contributed by atoms with Crippen molar-refractivity contribution in [3.05, 3.63) is 40.0 Å². The Labute approximate surface area is 258 Å². The Bertz CT molecular complexity index is 1750. The zero-order chi connectivity index (χ0) is 30.7. The molecule has 3 aliphatic rings. The van der Waals surface area contributed by atoms with Crippen molar-refractivity contribution in [2.75, 3.05) is 57.9 Å². The minimum atomic E-state index is -0.827. The number of hydrogen-bond donors (Lipinski definition) is 2. The number of fused-ring (bicyclic) bond motifs is 2. The van der Waals surface area contributed by atoms with Crippen LogP contribution in [-0.2, 0) is 4.74 Å². The Hall–Kier alpha value is -3.19. The molecule has 234 valence electrons. The van der Waals surface area contributed by atoms with E-state index in [9.17, 15) is 4.39 Å². The third-order valence-electron chi connectivity index (χ3n) is 9.28. The van der Waals surface area contributed by atoms with Gasteiger partial charge in [-0.25, -0.2) is 13.2 Å². The van der Waals surface area contributed by atoms with Crippen LogP contribution in [0, 0.1) is 30.9 Å². The number of aromatic nitrogens is 4. The van der Waals surface area contributed by atoms with Crippen LogP contribution in [0.4, 0.5) is 19.0 Å². The van der Waals surface area contributed by atoms with Crippen LogP contribution in [0.5, 0.6) is 6.01 Å². The topological polar surface area (TPSA) is 91.4 Å². The van der Waals surface area contributed by atoms with Gasteiger partial charge >= 0.3 is 6.01 Å². The van der Waals surface area contributed by atoms with Gasteiger partial charge in [0.05, 0.1) is 24.2 Å². The molecular weight excluding hydrogens is 595 g/mol. The van der Waals surface area contributed by atoms with Crippen molar-refractivity contribution in [3.8, 4) is 17.1 Å². The number of nitrogens with one attached hydrogen (secondary N) is 2. The van der Waals surface area contributed by atoms with Gasteiger partial charge in [-0.2, -0.15) is 15.1 Å². The van der Waals surface area contributed by atoms with Gasteiger partial charge in [0, 0.05) is 72.3 Å². The Kier molecular flexibility index (Phi) is 7.59. The number of rotatable bonds is 8.